The highest BCUT2D eigenvalue weighted by Crippen LogP contribution is 2.21. The van der Waals surface area contributed by atoms with Crippen LogP contribution in [0.3, 0.4) is 0 Å². The Balaban J connectivity index is 2.05. The van der Waals surface area contributed by atoms with E-state index in [1.54, 1.807) is 24.0 Å². The number of nitrogens with zero attached hydrogens (tertiary/aromatic N) is 1. The van der Waals surface area contributed by atoms with Gasteiger partial charge < -0.3 is 15.3 Å². The van der Waals surface area contributed by atoms with E-state index in [1.807, 2.05) is 27.7 Å². The van der Waals surface area contributed by atoms with Crippen LogP contribution in [-0.2, 0) is 24.4 Å². The van der Waals surface area contributed by atoms with E-state index in [1.165, 1.54) is 12.1 Å². The molecule has 35 heavy (non-hydrogen) atoms. The summed E-state index contributed by atoms with van der Waals surface area (Å²) >= 11 is 0. The molecule has 3 N–H and O–H groups in total. The van der Waals surface area contributed by atoms with Gasteiger partial charge in [-0.25, -0.2) is 13.2 Å². The highest BCUT2D eigenvalue weighted by Gasteiger charge is 2.35. The summed E-state index contributed by atoms with van der Waals surface area (Å²) in [6.07, 6.45) is 1.76. The molecule has 10 heteroatoms. The molecule has 9 nitrogen and oxygen atoms in total. The number of hydrogen-bond acceptors (Lipinski definition) is 5. The van der Waals surface area contributed by atoms with Crippen molar-refractivity contribution >= 4 is 27.8 Å². The highest BCUT2D eigenvalue weighted by atomic mass is 32.2. The first kappa shape index (κ1) is 28.8. The first-order valence-corrected chi connectivity index (χ1v) is 13.7. The maximum absolute atomic E-state index is 13.3. The standard InChI is InChI=1S/C25H39N3O6S/c1-6-18(5)22(25(31)32)26-23(29)19-11-13-28(14-12-19)24(30)21(15-16(2)3)27-35(33,34)20-9-7-17(4)8-10-20/h7-10,16,18-19,21-22,27H,6,11-15H2,1-5H3,(H,26,29)(H,31,32)/t18?,21-,22-/m0/s1. The van der Waals surface area contributed by atoms with Gasteiger partial charge in [0.2, 0.25) is 21.8 Å². The number of nitrogens with one attached hydrogen (secondary N) is 2. The number of aliphatic carboxylic acids is 1. The first-order chi connectivity index (χ1) is 16.4. The van der Waals surface area contributed by atoms with E-state index in [2.05, 4.69) is 10.0 Å². The van der Waals surface area contributed by atoms with Gasteiger partial charge in [-0.15, -0.1) is 0 Å². The van der Waals surface area contributed by atoms with Crippen LogP contribution in [-0.4, -0.2) is 61.4 Å². The zero-order valence-electron chi connectivity index (χ0n) is 21.3. The van der Waals surface area contributed by atoms with Crippen LogP contribution in [0.25, 0.3) is 0 Å². The Morgan fingerprint density at radius 3 is 2.14 bits per heavy atom. The van der Waals surface area contributed by atoms with Crippen LogP contribution in [0.4, 0.5) is 0 Å². The molecule has 196 valence electrons. The van der Waals surface area contributed by atoms with Gasteiger partial charge in [-0.05, 0) is 50.2 Å². The van der Waals surface area contributed by atoms with Gasteiger partial charge in [0.05, 0.1) is 4.90 Å². The number of carbonyl (C=O) groups excluding carboxylic acids is 2. The van der Waals surface area contributed by atoms with Crippen LogP contribution in [0, 0.1) is 24.7 Å². The van der Waals surface area contributed by atoms with E-state index >= 15 is 0 Å². The predicted molar refractivity (Wildman–Crippen MR) is 133 cm³/mol. The fraction of sp³-hybridized carbons (Fsp3) is 0.640. The number of sulfonamides is 1. The van der Waals surface area contributed by atoms with E-state index in [0.29, 0.717) is 38.8 Å². The molecule has 2 amide bonds. The lowest BCUT2D eigenvalue weighted by atomic mass is 9.93. The summed E-state index contributed by atoms with van der Waals surface area (Å²) < 4.78 is 28.4. The molecule has 1 aromatic carbocycles. The number of rotatable bonds is 11. The molecular weight excluding hydrogens is 470 g/mol. The van der Waals surface area contributed by atoms with Crippen molar-refractivity contribution in [3.05, 3.63) is 29.8 Å². The van der Waals surface area contributed by atoms with Crippen LogP contribution in [0.2, 0.25) is 0 Å². The van der Waals surface area contributed by atoms with Crippen molar-refractivity contribution in [1.29, 1.82) is 0 Å². The molecule has 1 saturated heterocycles. The Kier molecular flexibility index (Phi) is 10.3. The summed E-state index contributed by atoms with van der Waals surface area (Å²) in [6.45, 7) is 9.98. The molecule has 0 saturated carbocycles. The monoisotopic (exact) mass is 509 g/mol. The minimum Gasteiger partial charge on any atom is -0.480 e. The van der Waals surface area contributed by atoms with Gasteiger partial charge in [0, 0.05) is 19.0 Å². The Morgan fingerprint density at radius 1 is 1.09 bits per heavy atom. The largest absolute Gasteiger partial charge is 0.480 e. The maximum Gasteiger partial charge on any atom is 0.326 e. The number of carbonyl (C=O) groups is 3. The number of carboxylic acid groups (broad SMARTS) is 1. The SMILES string of the molecule is CCC(C)[C@H](NC(=O)C1CCN(C(=O)[C@H](CC(C)C)NS(=O)(=O)c2ccc(C)cc2)CC1)C(=O)O. The third kappa shape index (κ3) is 8.03. The molecule has 0 aromatic heterocycles. The zero-order chi connectivity index (χ0) is 26.3. The van der Waals surface area contributed by atoms with Crippen LogP contribution < -0.4 is 10.0 Å². The van der Waals surface area contributed by atoms with Crippen molar-refractivity contribution in [2.45, 2.75) is 77.3 Å². The average molecular weight is 510 g/mol. The summed E-state index contributed by atoms with van der Waals surface area (Å²) in [5.41, 5.74) is 0.935. The van der Waals surface area contributed by atoms with Gasteiger partial charge in [-0.1, -0.05) is 51.8 Å². The van der Waals surface area contributed by atoms with E-state index in [-0.39, 0.29) is 28.5 Å². The fourth-order valence-electron chi connectivity index (χ4n) is 4.18. The molecule has 1 aliphatic rings. The predicted octanol–water partition coefficient (Wildman–Crippen LogP) is 2.54. The van der Waals surface area contributed by atoms with Crippen molar-refractivity contribution in [3.63, 3.8) is 0 Å². The number of likely N-dealkylation sites (tertiary alicyclic amines) is 1. The molecule has 1 aliphatic heterocycles. The van der Waals surface area contributed by atoms with E-state index in [0.717, 1.165) is 5.56 Å². The number of hydrogen-bond donors (Lipinski definition) is 3. The third-order valence-corrected chi connectivity index (χ3v) is 8.08. The Bertz CT molecular complexity index is 985. The fourth-order valence-corrected chi connectivity index (χ4v) is 5.38. The smallest absolute Gasteiger partial charge is 0.326 e. The normalized spacial score (nSPS) is 17.6. The third-order valence-electron chi connectivity index (χ3n) is 6.59. The lowest BCUT2D eigenvalue weighted by molar-refractivity contribution is -0.144. The molecule has 1 aromatic rings. The molecule has 0 spiro atoms. The molecule has 1 heterocycles. The average Bonchev–Trinajstić information content (AvgIpc) is 2.80. The minimum absolute atomic E-state index is 0.0847. The van der Waals surface area contributed by atoms with Gasteiger partial charge in [0.15, 0.2) is 0 Å². The maximum atomic E-state index is 13.3. The topological polar surface area (TPSA) is 133 Å². The zero-order valence-corrected chi connectivity index (χ0v) is 22.1. The Morgan fingerprint density at radius 2 is 1.66 bits per heavy atom. The van der Waals surface area contributed by atoms with Crippen LogP contribution >= 0.6 is 0 Å². The Hall–Kier alpha value is -2.46. The summed E-state index contributed by atoms with van der Waals surface area (Å²) in [6, 6.07) is 4.59. The lowest BCUT2D eigenvalue weighted by Crippen LogP contribution is -2.53. The van der Waals surface area contributed by atoms with Crippen molar-refractivity contribution in [1.82, 2.24) is 14.9 Å². The van der Waals surface area contributed by atoms with Crippen molar-refractivity contribution in [2.75, 3.05) is 13.1 Å². The van der Waals surface area contributed by atoms with Crippen molar-refractivity contribution in [2.24, 2.45) is 17.8 Å². The molecule has 0 aliphatic carbocycles. The number of aryl methyl sites for hydroxylation is 1. The molecule has 0 radical (unpaired) electrons. The number of piperidine rings is 1. The van der Waals surface area contributed by atoms with Crippen molar-refractivity contribution in [3.8, 4) is 0 Å². The van der Waals surface area contributed by atoms with Gasteiger partial charge in [-0.2, -0.15) is 4.72 Å². The second kappa shape index (κ2) is 12.5. The number of benzene rings is 1. The molecule has 1 unspecified atom stereocenters. The number of amides is 2. The summed E-state index contributed by atoms with van der Waals surface area (Å²) in [7, 11) is -3.88. The first-order valence-electron chi connectivity index (χ1n) is 12.3. The molecular formula is C25H39N3O6S. The van der Waals surface area contributed by atoms with Gasteiger partial charge in [0.1, 0.15) is 12.1 Å². The quantitative estimate of drug-likeness (QED) is 0.420. The summed E-state index contributed by atoms with van der Waals surface area (Å²) in [5.74, 6) is -2.19. The van der Waals surface area contributed by atoms with Gasteiger partial charge in [-0.3, -0.25) is 9.59 Å². The van der Waals surface area contributed by atoms with E-state index < -0.39 is 34.0 Å². The molecule has 1 fully saturated rings. The lowest BCUT2D eigenvalue weighted by Gasteiger charge is -2.35. The van der Waals surface area contributed by atoms with Crippen LogP contribution in [0.1, 0.15) is 58.9 Å². The van der Waals surface area contributed by atoms with Crippen LogP contribution in [0.5, 0.6) is 0 Å². The number of carboxylic acids is 1. The van der Waals surface area contributed by atoms with E-state index in [4.69, 9.17) is 0 Å². The molecule has 0 bridgehead atoms. The summed E-state index contributed by atoms with van der Waals surface area (Å²) in [4.78, 5) is 39.2. The minimum atomic E-state index is -3.88. The van der Waals surface area contributed by atoms with Gasteiger partial charge in [0.25, 0.3) is 0 Å². The second-order valence-electron chi connectivity index (χ2n) is 9.93. The second-order valence-corrected chi connectivity index (χ2v) is 11.6. The van der Waals surface area contributed by atoms with Crippen molar-refractivity contribution < 1.29 is 27.9 Å². The van der Waals surface area contributed by atoms with Gasteiger partial charge >= 0.3 is 5.97 Å². The van der Waals surface area contributed by atoms with Crippen LogP contribution in [0.15, 0.2) is 29.2 Å². The Labute approximate surface area is 208 Å². The molecule has 3 atom stereocenters. The summed E-state index contributed by atoms with van der Waals surface area (Å²) in [5, 5.41) is 12.1. The molecule has 2 rings (SSSR count). The highest BCUT2D eigenvalue weighted by molar-refractivity contribution is 7.89. The van der Waals surface area contributed by atoms with E-state index in [9.17, 15) is 27.9 Å².